The largest absolute Gasteiger partial charge is 2.00 e. The third kappa shape index (κ3) is 8.18. The molecule has 0 unspecified atom stereocenters. The smallest absolute Gasteiger partial charge is 0.545 e. The summed E-state index contributed by atoms with van der Waals surface area (Å²) in [6.45, 7) is 11.2. The number of hydrogen-bond acceptors (Lipinski definition) is 4. The molecule has 0 spiro atoms. The van der Waals surface area contributed by atoms with E-state index in [0.29, 0.717) is 5.92 Å². The molecule has 155 valence electrons. The van der Waals surface area contributed by atoms with E-state index < -0.39 is 11.9 Å². The first-order valence-electron chi connectivity index (χ1n) is 9.04. The van der Waals surface area contributed by atoms with Crippen molar-refractivity contribution in [2.45, 2.75) is 34.6 Å². The van der Waals surface area contributed by atoms with Crippen molar-refractivity contribution in [1.82, 2.24) is 0 Å². The Labute approximate surface area is 186 Å². The number of allylic oxidation sites excluding steroid dienone is 4. The summed E-state index contributed by atoms with van der Waals surface area (Å²) in [5.74, 6) is -1.56. The molecule has 4 nitrogen and oxygen atoms in total. The topological polar surface area (TPSA) is 80.3 Å². The molecular weight excluding hydrogens is 544 g/mol. The van der Waals surface area contributed by atoms with Crippen LogP contribution in [0.25, 0.3) is 0 Å². The van der Waals surface area contributed by atoms with Crippen molar-refractivity contribution >= 4 is 11.9 Å². The van der Waals surface area contributed by atoms with Crippen LogP contribution in [-0.2, 0) is 20.1 Å². The van der Waals surface area contributed by atoms with Gasteiger partial charge in [-0.15, -0.1) is 0 Å². The maximum absolute atomic E-state index is 10.1. The van der Waals surface area contributed by atoms with Gasteiger partial charge in [0.2, 0.25) is 0 Å². The summed E-state index contributed by atoms with van der Waals surface area (Å²) < 4.78 is 0. The van der Waals surface area contributed by atoms with Gasteiger partial charge in [-0.3, -0.25) is 0 Å². The minimum absolute atomic E-state index is 0. The van der Waals surface area contributed by atoms with Gasteiger partial charge in [0.15, 0.2) is 0 Å². The van der Waals surface area contributed by atoms with Gasteiger partial charge in [-0.2, -0.15) is 0 Å². The molecule has 0 amide bonds. The maximum Gasteiger partial charge on any atom is 2.00 e. The molecule has 29 heavy (non-hydrogen) atoms. The van der Waals surface area contributed by atoms with Gasteiger partial charge in [0, 0.05) is 0 Å². The summed E-state index contributed by atoms with van der Waals surface area (Å²) in [6, 6.07) is 16.1. The molecule has 0 atom stereocenters. The fourth-order valence-corrected chi connectivity index (χ4v) is 2.71. The molecule has 3 rings (SSSR count). The number of aromatic carboxylic acids is 2. The minimum atomic E-state index is -1.13. The zero-order valence-electron chi connectivity index (χ0n) is 17.3. The molecule has 0 heterocycles. The summed E-state index contributed by atoms with van der Waals surface area (Å²) >= 11 is 0. The zero-order valence-corrected chi connectivity index (χ0v) is 19.7. The normalized spacial score (nSPS) is 12.9. The monoisotopic (exact) mass is 571 g/mol. The second kappa shape index (κ2) is 12.9. The van der Waals surface area contributed by atoms with Gasteiger partial charge in [-0.05, 0) is 55.9 Å². The van der Waals surface area contributed by atoms with Crippen LogP contribution in [0.5, 0.6) is 0 Å². The summed E-state index contributed by atoms with van der Waals surface area (Å²) in [5, 5.41) is 20.2. The average molecular weight is 571 g/mol. The van der Waals surface area contributed by atoms with Crippen LogP contribution in [0.4, 0.5) is 0 Å². The van der Waals surface area contributed by atoms with Crippen LogP contribution in [-0.4, -0.2) is 11.9 Å². The van der Waals surface area contributed by atoms with Crippen LogP contribution in [0.2, 0.25) is 0 Å². The molecule has 0 bridgehead atoms. The van der Waals surface area contributed by atoms with Crippen LogP contribution in [0.15, 0.2) is 83.0 Å². The molecule has 2 aromatic carbocycles. The van der Waals surface area contributed by atoms with Crippen molar-refractivity contribution in [1.29, 1.82) is 0 Å². The molecule has 5 heteroatoms. The van der Waals surface area contributed by atoms with E-state index in [2.05, 4.69) is 34.6 Å². The Morgan fingerprint density at radius 3 is 1.07 bits per heavy atom. The Kier molecular flexibility index (Phi) is 11.8. The molecule has 0 saturated carbocycles. The third-order valence-corrected chi connectivity index (χ3v) is 5.06. The zero-order chi connectivity index (χ0) is 21.3. The Hall–Kier alpha value is -2.49. The molecule has 2 aromatic rings. The number of rotatable bonds is 2. The van der Waals surface area contributed by atoms with E-state index >= 15 is 0 Å². The summed E-state index contributed by atoms with van der Waals surface area (Å²) in [5.41, 5.74) is 6.55. The molecule has 1 radical (unpaired) electrons. The molecule has 0 aliphatic heterocycles. The third-order valence-electron chi connectivity index (χ3n) is 5.06. The number of carbonyl (C=O) groups is 2. The second-order valence-electron chi connectivity index (χ2n) is 6.64. The van der Waals surface area contributed by atoms with Crippen molar-refractivity contribution in [2.75, 3.05) is 0 Å². The summed E-state index contributed by atoms with van der Waals surface area (Å²) in [6.07, 6.45) is 0. The fourth-order valence-electron chi connectivity index (χ4n) is 2.71. The summed E-state index contributed by atoms with van der Waals surface area (Å²) in [4.78, 5) is 20.2. The van der Waals surface area contributed by atoms with E-state index in [0.717, 1.165) is 0 Å². The van der Waals surface area contributed by atoms with E-state index in [4.69, 9.17) is 0 Å². The van der Waals surface area contributed by atoms with Gasteiger partial charge in [0.05, 0.1) is 11.9 Å². The van der Waals surface area contributed by atoms with Gasteiger partial charge in [0.1, 0.15) is 0 Å². The quantitative estimate of drug-likeness (QED) is 0.555. The first kappa shape index (κ1) is 26.5. The van der Waals surface area contributed by atoms with Crippen molar-refractivity contribution in [3.63, 3.8) is 0 Å². The van der Waals surface area contributed by atoms with Gasteiger partial charge in [0.25, 0.3) is 0 Å². The van der Waals surface area contributed by atoms with Crippen LogP contribution >= 0.6 is 0 Å². The second-order valence-corrected chi connectivity index (χ2v) is 6.64. The molecule has 1 aliphatic carbocycles. The van der Waals surface area contributed by atoms with Crippen LogP contribution < -0.4 is 10.2 Å². The predicted molar refractivity (Wildman–Crippen MR) is 107 cm³/mol. The maximum atomic E-state index is 10.1. The predicted octanol–water partition coefficient (Wildman–Crippen LogP) is 3.41. The van der Waals surface area contributed by atoms with Crippen molar-refractivity contribution in [3.8, 4) is 0 Å². The molecular formula is C24H26IrO4. The first-order chi connectivity index (χ1) is 13.2. The Morgan fingerprint density at radius 1 is 0.655 bits per heavy atom. The van der Waals surface area contributed by atoms with E-state index in [9.17, 15) is 19.8 Å². The van der Waals surface area contributed by atoms with Crippen LogP contribution in [0.3, 0.4) is 0 Å². The molecule has 0 saturated heterocycles. The van der Waals surface area contributed by atoms with Gasteiger partial charge >= 0.3 is 20.1 Å². The van der Waals surface area contributed by atoms with Gasteiger partial charge in [-0.25, -0.2) is 0 Å². The molecule has 1 aliphatic rings. The van der Waals surface area contributed by atoms with E-state index in [1.165, 1.54) is 35.4 Å². The van der Waals surface area contributed by atoms with E-state index in [1.54, 1.807) is 47.5 Å². The van der Waals surface area contributed by atoms with Crippen LogP contribution in [0, 0.1) is 5.92 Å². The number of carbonyl (C=O) groups excluding carboxylic acids is 2. The first-order valence-corrected chi connectivity index (χ1v) is 9.04. The standard InChI is InChI=1S/C10H16.2C7H6O2.Ir/c1-6-7(2)9(4)10(5)8(6)3;2*8-7(9)6-4-2-1-3-5-6;/h6H,1-5H3;2*1-5H,(H,8,9);/q;;;+2/p-2. The Morgan fingerprint density at radius 2 is 0.931 bits per heavy atom. The minimum Gasteiger partial charge on any atom is -0.545 e. The average Bonchev–Trinajstić information content (AvgIpc) is 2.88. The molecule has 0 N–H and O–H groups in total. The number of carboxylic acid groups (broad SMARTS) is 2. The Bertz CT molecular complexity index is 795. The summed E-state index contributed by atoms with van der Waals surface area (Å²) in [7, 11) is 0. The molecule has 0 aromatic heterocycles. The van der Waals surface area contributed by atoms with Crippen molar-refractivity contribution in [3.05, 3.63) is 94.1 Å². The number of hydrogen-bond donors (Lipinski definition) is 0. The van der Waals surface area contributed by atoms with Crippen molar-refractivity contribution in [2.24, 2.45) is 5.92 Å². The van der Waals surface area contributed by atoms with Gasteiger partial charge in [-0.1, -0.05) is 78.7 Å². The Balaban J connectivity index is 0.000000399. The van der Waals surface area contributed by atoms with E-state index in [-0.39, 0.29) is 31.2 Å². The van der Waals surface area contributed by atoms with Crippen molar-refractivity contribution < 1.29 is 39.9 Å². The SMILES string of the molecule is CC1=C(C)C(C)C(C)=C1C.O=C([O-])c1ccccc1.O=C([O-])c1ccccc1.[Ir+2]. The van der Waals surface area contributed by atoms with Crippen LogP contribution in [0.1, 0.15) is 55.3 Å². The number of benzene rings is 2. The number of carboxylic acids is 2. The fraction of sp³-hybridized carbons (Fsp3) is 0.250. The van der Waals surface area contributed by atoms with E-state index in [1.807, 2.05) is 0 Å². The van der Waals surface area contributed by atoms with Gasteiger partial charge < -0.3 is 19.8 Å². The molecule has 0 fully saturated rings.